The maximum atomic E-state index is 5.68. The van der Waals surface area contributed by atoms with Crippen molar-refractivity contribution in [3.8, 4) is 0 Å². The standard InChI is InChI=1S/C19H29BrO2.U/c1-4-19(2,3)16-22-14-8-6-5-7-13-21-15-17-9-11-18(20)12-10-17;/h9-12H,2-8,13-16H2,1H3;/q-2;+2. The summed E-state index contributed by atoms with van der Waals surface area (Å²) in [6.07, 6.45) is 5.54. The molecule has 23 heavy (non-hydrogen) atoms. The minimum Gasteiger partial charge on any atom is -0.386 e. The number of hydrogen-bond acceptors (Lipinski definition) is 2. The number of halogens is 1. The van der Waals surface area contributed by atoms with Crippen LogP contribution in [0.2, 0.25) is 0 Å². The van der Waals surface area contributed by atoms with E-state index in [-0.39, 0.29) is 36.5 Å². The molecule has 4 heteroatoms. The molecule has 0 unspecified atom stereocenters. The first-order valence-corrected chi connectivity index (χ1v) is 8.93. The SMILES string of the molecule is [CH2-]C([CH2-])(CC)COCCCCCCOCc1ccc(Br)cc1.[U+2]. The van der Waals surface area contributed by atoms with Gasteiger partial charge in [-0.1, -0.05) is 47.8 Å². The van der Waals surface area contributed by atoms with Crippen molar-refractivity contribution in [3.63, 3.8) is 0 Å². The molecule has 0 saturated heterocycles. The Morgan fingerprint density at radius 1 is 0.957 bits per heavy atom. The molecule has 0 aliphatic carbocycles. The second kappa shape index (κ2) is 13.9. The smallest absolute Gasteiger partial charge is 0.386 e. The van der Waals surface area contributed by atoms with Crippen LogP contribution in [0.5, 0.6) is 0 Å². The van der Waals surface area contributed by atoms with Crippen LogP contribution in [0.25, 0.3) is 0 Å². The van der Waals surface area contributed by atoms with Crippen molar-refractivity contribution in [3.05, 3.63) is 48.1 Å². The summed E-state index contributed by atoms with van der Waals surface area (Å²) in [7, 11) is 0. The molecule has 1 rings (SSSR count). The number of ether oxygens (including phenoxy) is 2. The molecule has 0 aromatic heterocycles. The molecule has 0 amide bonds. The fraction of sp³-hybridized carbons (Fsp3) is 0.579. The van der Waals surface area contributed by atoms with Gasteiger partial charge >= 0.3 is 31.1 Å². The maximum Gasteiger partial charge on any atom is 2.00 e. The Hall–Kier alpha value is 0.672. The molecule has 0 radical (unpaired) electrons. The number of hydrogen-bond donors (Lipinski definition) is 0. The first-order chi connectivity index (χ1) is 10.5. The van der Waals surface area contributed by atoms with Crippen molar-refractivity contribution >= 4 is 15.9 Å². The zero-order valence-electron chi connectivity index (χ0n) is 14.3. The average molecular weight is 607 g/mol. The summed E-state index contributed by atoms with van der Waals surface area (Å²) >= 11 is 3.43. The van der Waals surface area contributed by atoms with Crippen LogP contribution >= 0.6 is 15.9 Å². The van der Waals surface area contributed by atoms with Crippen LogP contribution in [-0.2, 0) is 16.1 Å². The predicted molar refractivity (Wildman–Crippen MR) is 96.5 cm³/mol. The molecule has 0 atom stereocenters. The number of benzene rings is 1. The quantitative estimate of drug-likeness (QED) is 0.228. The monoisotopic (exact) mass is 606 g/mol. The second-order valence-electron chi connectivity index (χ2n) is 6.00. The van der Waals surface area contributed by atoms with Crippen LogP contribution in [0.15, 0.2) is 28.7 Å². The van der Waals surface area contributed by atoms with Gasteiger partial charge in [0.25, 0.3) is 0 Å². The van der Waals surface area contributed by atoms with Crippen LogP contribution in [0, 0.1) is 50.4 Å². The van der Waals surface area contributed by atoms with E-state index < -0.39 is 0 Å². The average Bonchev–Trinajstić information content (AvgIpc) is 2.51. The van der Waals surface area contributed by atoms with Crippen molar-refractivity contribution in [1.82, 2.24) is 0 Å². The summed E-state index contributed by atoms with van der Waals surface area (Å²) in [5.74, 6) is 0. The van der Waals surface area contributed by atoms with Gasteiger partial charge < -0.3 is 23.3 Å². The predicted octanol–water partition coefficient (Wildman–Crippen LogP) is 5.61. The van der Waals surface area contributed by atoms with Gasteiger partial charge in [-0.2, -0.15) is 0 Å². The Kier molecular flexibility index (Phi) is 14.3. The van der Waals surface area contributed by atoms with Gasteiger partial charge in [0.15, 0.2) is 0 Å². The molecule has 2 nitrogen and oxygen atoms in total. The van der Waals surface area contributed by atoms with Crippen LogP contribution in [0.4, 0.5) is 0 Å². The van der Waals surface area contributed by atoms with E-state index in [0.717, 1.165) is 36.9 Å². The van der Waals surface area contributed by atoms with Crippen LogP contribution in [-0.4, -0.2) is 19.8 Å². The zero-order chi connectivity index (χ0) is 16.3. The van der Waals surface area contributed by atoms with Crippen LogP contribution < -0.4 is 0 Å². The van der Waals surface area contributed by atoms with Crippen molar-refractivity contribution in [1.29, 1.82) is 0 Å². The van der Waals surface area contributed by atoms with E-state index in [1.54, 1.807) is 0 Å². The van der Waals surface area contributed by atoms with Gasteiger partial charge in [-0.3, -0.25) is 5.41 Å². The van der Waals surface area contributed by atoms with Gasteiger partial charge in [0.2, 0.25) is 0 Å². The van der Waals surface area contributed by atoms with Gasteiger partial charge in [0, 0.05) is 17.7 Å². The summed E-state index contributed by atoms with van der Waals surface area (Å²) < 4.78 is 12.4. The Balaban J connectivity index is 0.00000484. The normalized spacial score (nSPS) is 11.3. The molecule has 1 aromatic carbocycles. The molecule has 0 spiro atoms. The fourth-order valence-electron chi connectivity index (χ4n) is 1.92. The third kappa shape index (κ3) is 12.7. The van der Waals surface area contributed by atoms with E-state index >= 15 is 0 Å². The Bertz CT molecular complexity index is 393. The molecule has 128 valence electrons. The molecule has 0 bridgehead atoms. The Labute approximate surface area is 174 Å². The first-order valence-electron chi connectivity index (χ1n) is 8.14. The van der Waals surface area contributed by atoms with Crippen molar-refractivity contribution in [2.75, 3.05) is 19.8 Å². The van der Waals surface area contributed by atoms with Crippen LogP contribution in [0.1, 0.15) is 44.6 Å². The number of unbranched alkanes of at least 4 members (excludes halogenated alkanes) is 3. The van der Waals surface area contributed by atoms with E-state index in [1.165, 1.54) is 18.4 Å². The molecule has 1 aromatic rings. The largest absolute Gasteiger partial charge is 2.00 e. The Morgan fingerprint density at radius 3 is 2.09 bits per heavy atom. The minimum absolute atomic E-state index is 0. The molecule has 0 aliphatic heterocycles. The summed E-state index contributed by atoms with van der Waals surface area (Å²) in [6, 6.07) is 8.26. The molecule has 0 N–H and O–H groups in total. The zero-order valence-corrected chi connectivity index (χ0v) is 20.0. The van der Waals surface area contributed by atoms with Gasteiger partial charge in [-0.15, -0.1) is 6.42 Å². The fourth-order valence-corrected chi connectivity index (χ4v) is 2.19. The molecule has 0 saturated carbocycles. The summed E-state index contributed by atoms with van der Waals surface area (Å²) in [4.78, 5) is 0. The van der Waals surface area contributed by atoms with E-state index in [1.807, 2.05) is 12.1 Å². The minimum atomic E-state index is -0.180. The van der Waals surface area contributed by atoms with Gasteiger partial charge in [0.05, 0.1) is 6.61 Å². The van der Waals surface area contributed by atoms with Gasteiger partial charge in [-0.05, 0) is 37.1 Å². The topological polar surface area (TPSA) is 18.5 Å². The second-order valence-corrected chi connectivity index (χ2v) is 6.92. The van der Waals surface area contributed by atoms with Crippen LogP contribution in [0.3, 0.4) is 0 Å². The van der Waals surface area contributed by atoms with Gasteiger partial charge in [-0.25, -0.2) is 0 Å². The van der Waals surface area contributed by atoms with Crippen molar-refractivity contribution in [2.24, 2.45) is 5.41 Å². The molecular formula is C19H29BrO2U. The maximum absolute atomic E-state index is 5.68. The molecular weight excluding hydrogens is 578 g/mol. The van der Waals surface area contributed by atoms with E-state index in [2.05, 4.69) is 48.8 Å². The Morgan fingerprint density at radius 2 is 1.52 bits per heavy atom. The summed E-state index contributed by atoms with van der Waals surface area (Å²) in [5.41, 5.74) is 1.04. The van der Waals surface area contributed by atoms with Gasteiger partial charge in [0.1, 0.15) is 0 Å². The third-order valence-electron chi connectivity index (χ3n) is 3.67. The first kappa shape index (κ1) is 23.7. The summed E-state index contributed by atoms with van der Waals surface area (Å²) in [6.45, 7) is 13.1. The summed E-state index contributed by atoms with van der Waals surface area (Å²) in [5, 5.41) is 0. The van der Waals surface area contributed by atoms with Crippen molar-refractivity contribution in [2.45, 2.75) is 45.6 Å². The molecule has 0 heterocycles. The van der Waals surface area contributed by atoms with E-state index in [9.17, 15) is 0 Å². The molecule has 0 aliphatic rings. The van der Waals surface area contributed by atoms with Crippen molar-refractivity contribution < 1.29 is 40.6 Å². The third-order valence-corrected chi connectivity index (χ3v) is 4.20. The van der Waals surface area contributed by atoms with E-state index in [4.69, 9.17) is 9.47 Å². The number of rotatable bonds is 12. The molecule has 0 fully saturated rings. The van der Waals surface area contributed by atoms with E-state index in [0.29, 0.717) is 13.2 Å².